The molecule has 1 aliphatic heterocycles. The summed E-state index contributed by atoms with van der Waals surface area (Å²) in [6, 6.07) is 12.6. The highest BCUT2D eigenvalue weighted by molar-refractivity contribution is 5.79. The minimum absolute atomic E-state index is 0.0732. The summed E-state index contributed by atoms with van der Waals surface area (Å²) < 4.78 is 15.7. The first kappa shape index (κ1) is 21.3. The second-order valence-electron chi connectivity index (χ2n) is 8.94. The molecule has 0 saturated carbocycles. The van der Waals surface area contributed by atoms with E-state index in [1.807, 2.05) is 46.7 Å². The fourth-order valence-corrected chi connectivity index (χ4v) is 4.72. The molecule has 0 bridgehead atoms. The number of halogens is 1. The van der Waals surface area contributed by atoms with Crippen molar-refractivity contribution in [1.29, 1.82) is 0 Å². The van der Waals surface area contributed by atoms with Crippen molar-refractivity contribution >= 4 is 17.2 Å². The van der Waals surface area contributed by atoms with Gasteiger partial charge in [-0.3, -0.25) is 4.79 Å². The van der Waals surface area contributed by atoms with E-state index in [2.05, 4.69) is 24.1 Å². The van der Waals surface area contributed by atoms with Crippen LogP contribution < -0.4 is 5.32 Å². The molecule has 164 valence electrons. The van der Waals surface area contributed by atoms with Crippen LogP contribution in [0.5, 0.6) is 0 Å². The zero-order valence-electron chi connectivity index (χ0n) is 18.5. The van der Waals surface area contributed by atoms with Gasteiger partial charge in [0.15, 0.2) is 0 Å². The van der Waals surface area contributed by atoms with Gasteiger partial charge in [-0.25, -0.2) is 9.37 Å². The van der Waals surface area contributed by atoms with Crippen molar-refractivity contribution < 1.29 is 9.18 Å². The Bertz CT molecular complexity index is 1060. The van der Waals surface area contributed by atoms with Crippen LogP contribution in [0.3, 0.4) is 0 Å². The molecular formula is C25H31FN4O. The molecule has 0 unspecified atom stereocenters. The Labute approximate surface area is 183 Å². The Kier molecular flexibility index (Phi) is 6.25. The van der Waals surface area contributed by atoms with Crippen molar-refractivity contribution in [3.8, 4) is 0 Å². The van der Waals surface area contributed by atoms with E-state index in [0.29, 0.717) is 12.3 Å². The van der Waals surface area contributed by atoms with Crippen LogP contribution in [0.4, 0.5) is 10.1 Å². The molecule has 4 rings (SSSR count). The quantitative estimate of drug-likeness (QED) is 0.618. The highest BCUT2D eigenvalue weighted by atomic mass is 19.1. The van der Waals surface area contributed by atoms with Gasteiger partial charge in [0.2, 0.25) is 5.91 Å². The third-order valence-electron chi connectivity index (χ3n) is 6.14. The summed E-state index contributed by atoms with van der Waals surface area (Å²) >= 11 is 0. The molecule has 1 fully saturated rings. The first-order chi connectivity index (χ1) is 14.9. The Hall–Kier alpha value is -2.89. The first-order valence-electron chi connectivity index (χ1n) is 11.2. The van der Waals surface area contributed by atoms with Crippen LogP contribution in [0.1, 0.15) is 44.5 Å². The number of imidazole rings is 1. The number of hydrogen-bond donors (Lipinski definition) is 1. The average molecular weight is 423 g/mol. The SMILES string of the molecule is Cc1nc2ccccn2c1CC(=O)N1CCC[C@@H](Nc2cccc(F)c2)[C@H]1CC(C)C. The summed E-state index contributed by atoms with van der Waals surface area (Å²) in [7, 11) is 0. The number of pyridine rings is 1. The van der Waals surface area contributed by atoms with Gasteiger partial charge in [0.05, 0.1) is 23.9 Å². The number of nitrogens with zero attached hydrogens (tertiary/aromatic N) is 3. The van der Waals surface area contributed by atoms with Crippen molar-refractivity contribution in [1.82, 2.24) is 14.3 Å². The fourth-order valence-electron chi connectivity index (χ4n) is 4.72. The smallest absolute Gasteiger partial charge is 0.228 e. The zero-order valence-corrected chi connectivity index (χ0v) is 18.5. The van der Waals surface area contributed by atoms with E-state index >= 15 is 0 Å². The lowest BCUT2D eigenvalue weighted by Crippen LogP contribution is -2.54. The number of amides is 1. The van der Waals surface area contributed by atoms with E-state index in [1.165, 1.54) is 12.1 Å². The van der Waals surface area contributed by atoms with Crippen LogP contribution >= 0.6 is 0 Å². The number of likely N-dealkylation sites (tertiary alicyclic amines) is 1. The van der Waals surface area contributed by atoms with Crippen LogP contribution in [0, 0.1) is 18.7 Å². The van der Waals surface area contributed by atoms with Crippen LogP contribution in [0.15, 0.2) is 48.7 Å². The molecule has 3 aromatic rings. The number of nitrogens with one attached hydrogen (secondary N) is 1. The lowest BCUT2D eigenvalue weighted by atomic mass is 9.89. The second kappa shape index (κ2) is 9.08. The Balaban J connectivity index is 1.57. The predicted octanol–water partition coefficient (Wildman–Crippen LogP) is 4.84. The lowest BCUT2D eigenvalue weighted by Gasteiger charge is -2.43. The standard InChI is InChI=1S/C25H31FN4O/c1-17(2)14-23-21(28-20-9-6-8-19(26)15-20)10-7-13-30(23)25(31)16-22-18(3)27-24-11-4-5-12-29(22)24/h4-6,8-9,11-12,15,17,21,23,28H,7,10,13-14,16H2,1-3H3/t21-,23-/m1/s1. The zero-order chi connectivity index (χ0) is 22.0. The molecule has 5 nitrogen and oxygen atoms in total. The number of hydrogen-bond acceptors (Lipinski definition) is 3. The molecule has 31 heavy (non-hydrogen) atoms. The maximum Gasteiger partial charge on any atom is 0.228 e. The summed E-state index contributed by atoms with van der Waals surface area (Å²) in [6.45, 7) is 7.09. The van der Waals surface area contributed by atoms with Crippen LogP contribution in [0.25, 0.3) is 5.65 Å². The van der Waals surface area contributed by atoms with Gasteiger partial charge < -0.3 is 14.6 Å². The van der Waals surface area contributed by atoms with Crippen molar-refractivity contribution in [3.05, 3.63) is 65.9 Å². The highest BCUT2D eigenvalue weighted by Crippen LogP contribution is 2.28. The molecular weight excluding hydrogens is 391 g/mol. The molecule has 1 amide bonds. The molecule has 3 heterocycles. The van der Waals surface area contributed by atoms with Crippen LogP contribution in [0.2, 0.25) is 0 Å². The van der Waals surface area contributed by atoms with Gasteiger partial charge in [-0.05, 0) is 62.4 Å². The average Bonchev–Trinajstić information content (AvgIpc) is 3.04. The third-order valence-corrected chi connectivity index (χ3v) is 6.14. The molecule has 0 radical (unpaired) electrons. The molecule has 0 spiro atoms. The number of piperidine rings is 1. The monoisotopic (exact) mass is 422 g/mol. The lowest BCUT2D eigenvalue weighted by molar-refractivity contribution is -0.134. The van der Waals surface area contributed by atoms with Gasteiger partial charge in [-0.2, -0.15) is 0 Å². The van der Waals surface area contributed by atoms with E-state index in [1.54, 1.807) is 6.07 Å². The van der Waals surface area contributed by atoms with Crippen molar-refractivity contribution in [3.63, 3.8) is 0 Å². The third kappa shape index (κ3) is 4.73. The number of aryl methyl sites for hydroxylation is 1. The fraction of sp³-hybridized carbons (Fsp3) is 0.440. The molecule has 1 aliphatic rings. The first-order valence-corrected chi connectivity index (χ1v) is 11.2. The normalized spacial score (nSPS) is 19.2. The molecule has 2 atom stereocenters. The van der Waals surface area contributed by atoms with Gasteiger partial charge in [0, 0.05) is 24.5 Å². The summed E-state index contributed by atoms with van der Waals surface area (Å²) in [4.78, 5) is 20.1. The maximum absolute atomic E-state index is 13.7. The second-order valence-corrected chi connectivity index (χ2v) is 8.94. The van der Waals surface area contributed by atoms with E-state index in [4.69, 9.17) is 0 Å². The largest absolute Gasteiger partial charge is 0.380 e. The molecule has 1 N–H and O–H groups in total. The van der Waals surface area contributed by atoms with Crippen molar-refractivity contribution in [2.24, 2.45) is 5.92 Å². The van der Waals surface area contributed by atoms with Crippen molar-refractivity contribution in [2.45, 2.75) is 58.5 Å². The summed E-state index contributed by atoms with van der Waals surface area (Å²) in [6.07, 6.45) is 5.10. The Morgan fingerprint density at radius 3 is 2.87 bits per heavy atom. The van der Waals surface area contributed by atoms with Crippen LogP contribution in [-0.2, 0) is 11.2 Å². The maximum atomic E-state index is 13.7. The molecule has 1 saturated heterocycles. The van der Waals surface area contributed by atoms with Gasteiger partial charge >= 0.3 is 0 Å². The number of carbonyl (C=O) groups excluding carboxylic acids is 1. The van der Waals surface area contributed by atoms with E-state index in [0.717, 1.165) is 48.5 Å². The Morgan fingerprint density at radius 2 is 2.10 bits per heavy atom. The topological polar surface area (TPSA) is 49.6 Å². The van der Waals surface area contributed by atoms with Gasteiger partial charge in [-0.1, -0.05) is 26.0 Å². The predicted molar refractivity (Wildman–Crippen MR) is 122 cm³/mol. The van der Waals surface area contributed by atoms with Gasteiger partial charge in [0.1, 0.15) is 11.5 Å². The van der Waals surface area contributed by atoms with Gasteiger partial charge in [-0.15, -0.1) is 0 Å². The minimum atomic E-state index is -0.253. The molecule has 1 aromatic carbocycles. The minimum Gasteiger partial charge on any atom is -0.380 e. The number of benzene rings is 1. The van der Waals surface area contributed by atoms with Crippen LogP contribution in [-0.4, -0.2) is 38.8 Å². The summed E-state index contributed by atoms with van der Waals surface area (Å²) in [5, 5.41) is 3.51. The van der Waals surface area contributed by atoms with E-state index < -0.39 is 0 Å². The number of aromatic nitrogens is 2. The highest BCUT2D eigenvalue weighted by Gasteiger charge is 2.35. The number of anilines is 1. The van der Waals surface area contributed by atoms with Gasteiger partial charge in [0.25, 0.3) is 0 Å². The van der Waals surface area contributed by atoms with E-state index in [9.17, 15) is 9.18 Å². The summed E-state index contributed by atoms with van der Waals surface area (Å²) in [5.41, 5.74) is 3.48. The summed E-state index contributed by atoms with van der Waals surface area (Å²) in [5.74, 6) is 0.329. The Morgan fingerprint density at radius 1 is 1.26 bits per heavy atom. The van der Waals surface area contributed by atoms with E-state index in [-0.39, 0.29) is 23.8 Å². The molecule has 0 aliphatic carbocycles. The number of carbonyl (C=O) groups is 1. The molecule has 6 heteroatoms. The van der Waals surface area contributed by atoms with Crippen molar-refractivity contribution in [2.75, 3.05) is 11.9 Å². The number of rotatable bonds is 6. The number of fused-ring (bicyclic) bond motifs is 1. The molecule has 2 aromatic heterocycles.